The Morgan fingerprint density at radius 2 is 1.71 bits per heavy atom. The maximum Gasteiger partial charge on any atom is 0.212 e. The molecule has 1 heterocycles. The van der Waals surface area contributed by atoms with Crippen LogP contribution in [0.4, 0.5) is 0 Å². The van der Waals surface area contributed by atoms with Crippen molar-refractivity contribution in [3.63, 3.8) is 0 Å². The van der Waals surface area contributed by atoms with Crippen molar-refractivity contribution in [2.75, 3.05) is 0 Å². The fraction of sp³-hybridized carbons (Fsp3) is 0.750. The first-order valence-corrected chi connectivity index (χ1v) is 5.63. The highest BCUT2D eigenvalue weighted by Gasteiger charge is 2.46. The standard InChI is InChI=1S/C8H11Cl3O6/c9-8(10,11)1-2(12)3(13)6-4(14)5(15)7(16)17-6/h1,3-7,12-16H/t3-,4-,5-,6-,7?/m1/s1. The van der Waals surface area contributed by atoms with Gasteiger partial charge in [-0.1, -0.05) is 34.8 Å². The third-order valence-electron chi connectivity index (χ3n) is 2.20. The first-order valence-electron chi connectivity index (χ1n) is 4.49. The largest absolute Gasteiger partial charge is 0.510 e. The van der Waals surface area contributed by atoms with Gasteiger partial charge in [0.2, 0.25) is 3.79 Å². The van der Waals surface area contributed by atoms with Crippen LogP contribution in [0.2, 0.25) is 0 Å². The van der Waals surface area contributed by atoms with E-state index in [1.54, 1.807) is 0 Å². The molecule has 0 radical (unpaired) electrons. The van der Waals surface area contributed by atoms with Gasteiger partial charge >= 0.3 is 0 Å². The van der Waals surface area contributed by atoms with Crippen LogP contribution in [0.3, 0.4) is 0 Å². The van der Waals surface area contributed by atoms with E-state index in [2.05, 4.69) is 4.74 Å². The Balaban J connectivity index is 2.78. The van der Waals surface area contributed by atoms with E-state index < -0.39 is 40.3 Å². The summed E-state index contributed by atoms with van der Waals surface area (Å²) in [6.45, 7) is 0. The Kier molecular flexibility index (Phi) is 4.90. The topological polar surface area (TPSA) is 110 Å². The molecule has 0 bridgehead atoms. The first-order chi connectivity index (χ1) is 7.63. The lowest BCUT2D eigenvalue weighted by molar-refractivity contribution is -0.144. The molecule has 0 amide bonds. The Hall–Kier alpha value is 0.210. The van der Waals surface area contributed by atoms with Crippen LogP contribution >= 0.6 is 34.8 Å². The second-order valence-corrected chi connectivity index (χ2v) is 5.90. The zero-order valence-electron chi connectivity index (χ0n) is 8.24. The van der Waals surface area contributed by atoms with Gasteiger partial charge in [0.05, 0.1) is 0 Å². The maximum absolute atomic E-state index is 9.59. The zero-order chi connectivity index (χ0) is 13.4. The lowest BCUT2D eigenvalue weighted by atomic mass is 10.0. The van der Waals surface area contributed by atoms with Gasteiger partial charge in [-0.05, 0) is 0 Å². The molecule has 6 nitrogen and oxygen atoms in total. The fourth-order valence-corrected chi connectivity index (χ4v) is 1.70. The Morgan fingerprint density at radius 1 is 1.18 bits per heavy atom. The van der Waals surface area contributed by atoms with E-state index >= 15 is 0 Å². The highest BCUT2D eigenvalue weighted by molar-refractivity contribution is 6.68. The summed E-state index contributed by atoms with van der Waals surface area (Å²) in [6, 6.07) is 0. The molecule has 0 saturated carbocycles. The van der Waals surface area contributed by atoms with Crippen LogP contribution in [0, 0.1) is 0 Å². The van der Waals surface area contributed by atoms with Crippen LogP contribution in [0.25, 0.3) is 0 Å². The SMILES string of the molecule is OC(=CC(Cl)(Cl)Cl)[C@@H](O)[C@H]1OC(O)[C@H](O)[C@H]1O. The normalized spacial score (nSPS) is 37.2. The molecule has 0 spiro atoms. The molecule has 1 aliphatic rings. The second kappa shape index (κ2) is 5.46. The molecule has 1 rings (SSSR count). The van der Waals surface area contributed by atoms with Crippen molar-refractivity contribution in [1.82, 2.24) is 0 Å². The molecule has 1 aliphatic heterocycles. The average molecular weight is 310 g/mol. The van der Waals surface area contributed by atoms with E-state index in [-0.39, 0.29) is 0 Å². The number of hydrogen-bond donors (Lipinski definition) is 5. The maximum atomic E-state index is 9.59. The lowest BCUT2D eigenvalue weighted by Crippen LogP contribution is -2.40. The van der Waals surface area contributed by atoms with Crippen LogP contribution in [0.15, 0.2) is 11.8 Å². The van der Waals surface area contributed by atoms with Gasteiger partial charge in [-0.15, -0.1) is 0 Å². The molecule has 9 heteroatoms. The predicted molar refractivity (Wildman–Crippen MR) is 59.9 cm³/mol. The number of aliphatic hydroxyl groups excluding tert-OH is 5. The first kappa shape index (κ1) is 15.3. The van der Waals surface area contributed by atoms with Gasteiger partial charge < -0.3 is 30.3 Å². The van der Waals surface area contributed by atoms with Gasteiger partial charge in [0.25, 0.3) is 0 Å². The second-order valence-electron chi connectivity index (χ2n) is 3.53. The van der Waals surface area contributed by atoms with Crippen molar-refractivity contribution < 1.29 is 30.3 Å². The summed E-state index contributed by atoms with van der Waals surface area (Å²) in [5.41, 5.74) is 0. The van der Waals surface area contributed by atoms with Crippen molar-refractivity contribution in [3.05, 3.63) is 11.8 Å². The van der Waals surface area contributed by atoms with E-state index in [0.717, 1.165) is 6.08 Å². The van der Waals surface area contributed by atoms with E-state index in [1.165, 1.54) is 0 Å². The van der Waals surface area contributed by atoms with Crippen molar-refractivity contribution in [1.29, 1.82) is 0 Å². The summed E-state index contributed by atoms with van der Waals surface area (Å²) in [6.07, 6.45) is -7.28. The minimum absolute atomic E-state index is 0.718. The summed E-state index contributed by atoms with van der Waals surface area (Å²) < 4.78 is 2.72. The van der Waals surface area contributed by atoms with Gasteiger partial charge in [-0.25, -0.2) is 0 Å². The van der Waals surface area contributed by atoms with Crippen molar-refractivity contribution >= 4 is 34.8 Å². The van der Waals surface area contributed by atoms with E-state index in [4.69, 9.17) is 39.9 Å². The van der Waals surface area contributed by atoms with Crippen LogP contribution in [0.1, 0.15) is 0 Å². The molecule has 100 valence electrons. The van der Waals surface area contributed by atoms with E-state index in [0.29, 0.717) is 0 Å². The molecule has 5 N–H and O–H groups in total. The molecule has 17 heavy (non-hydrogen) atoms. The van der Waals surface area contributed by atoms with Gasteiger partial charge in [0, 0.05) is 6.08 Å². The molecular weight excluding hydrogens is 298 g/mol. The fourth-order valence-electron chi connectivity index (χ4n) is 1.37. The summed E-state index contributed by atoms with van der Waals surface area (Å²) in [7, 11) is 0. The van der Waals surface area contributed by atoms with Crippen molar-refractivity contribution in [2.45, 2.75) is 34.5 Å². The summed E-state index contributed by atoms with van der Waals surface area (Å²) in [5, 5.41) is 46.7. The van der Waals surface area contributed by atoms with Gasteiger partial charge in [0.1, 0.15) is 30.2 Å². The molecule has 0 aromatic heterocycles. The van der Waals surface area contributed by atoms with Crippen LogP contribution in [-0.4, -0.2) is 60.0 Å². The number of hydrogen-bond acceptors (Lipinski definition) is 6. The van der Waals surface area contributed by atoms with E-state index in [9.17, 15) is 20.4 Å². The molecule has 1 fully saturated rings. The third-order valence-corrected chi connectivity index (χ3v) is 2.53. The summed E-state index contributed by atoms with van der Waals surface area (Å²) in [4.78, 5) is 0. The smallest absolute Gasteiger partial charge is 0.212 e. The summed E-state index contributed by atoms with van der Waals surface area (Å²) >= 11 is 16.1. The highest BCUT2D eigenvalue weighted by Crippen LogP contribution is 2.31. The Bertz CT molecular complexity index is 304. The monoisotopic (exact) mass is 308 g/mol. The van der Waals surface area contributed by atoms with Crippen LogP contribution in [0.5, 0.6) is 0 Å². The van der Waals surface area contributed by atoms with Crippen molar-refractivity contribution in [2.24, 2.45) is 0 Å². The lowest BCUT2D eigenvalue weighted by Gasteiger charge is -2.20. The molecular formula is C8H11Cl3O6. The summed E-state index contributed by atoms with van der Waals surface area (Å²) in [5.74, 6) is -0.754. The number of aliphatic hydroxyl groups is 5. The average Bonchev–Trinajstić information content (AvgIpc) is 2.42. The van der Waals surface area contributed by atoms with Gasteiger partial charge in [-0.2, -0.15) is 0 Å². The number of halogens is 3. The number of allylic oxidation sites excluding steroid dienone is 1. The Labute approximate surface area is 112 Å². The predicted octanol–water partition coefficient (Wildman–Crippen LogP) is -0.402. The minimum Gasteiger partial charge on any atom is -0.510 e. The van der Waals surface area contributed by atoms with Gasteiger partial charge in [0.15, 0.2) is 6.29 Å². The van der Waals surface area contributed by atoms with Crippen LogP contribution < -0.4 is 0 Å². The number of ether oxygens (including phenoxy) is 1. The molecule has 0 aliphatic carbocycles. The quantitative estimate of drug-likeness (QED) is 0.351. The molecule has 1 saturated heterocycles. The highest BCUT2D eigenvalue weighted by atomic mass is 35.6. The zero-order valence-corrected chi connectivity index (χ0v) is 10.5. The third kappa shape index (κ3) is 3.84. The van der Waals surface area contributed by atoms with Crippen LogP contribution in [-0.2, 0) is 4.74 Å². The number of alkyl halides is 3. The Morgan fingerprint density at radius 3 is 2.06 bits per heavy atom. The van der Waals surface area contributed by atoms with E-state index in [1.807, 2.05) is 0 Å². The molecule has 1 unspecified atom stereocenters. The number of rotatable bonds is 2. The van der Waals surface area contributed by atoms with Gasteiger partial charge in [-0.3, -0.25) is 0 Å². The molecule has 0 aromatic carbocycles. The molecule has 5 atom stereocenters. The van der Waals surface area contributed by atoms with Crippen molar-refractivity contribution in [3.8, 4) is 0 Å². The minimum atomic E-state index is -1.94. The molecule has 0 aromatic rings.